The van der Waals surface area contributed by atoms with Crippen molar-refractivity contribution in [3.05, 3.63) is 53.6 Å². The normalized spacial score (nSPS) is 12.5. The van der Waals surface area contributed by atoms with Crippen LogP contribution in [0.2, 0.25) is 0 Å². The van der Waals surface area contributed by atoms with Gasteiger partial charge in [0, 0.05) is 0 Å². The average Bonchev–Trinajstić information content (AvgIpc) is 2.90. The van der Waals surface area contributed by atoms with Gasteiger partial charge in [0.15, 0.2) is 0 Å². The molecule has 0 saturated heterocycles. The number of aliphatic hydroxyl groups is 1. The first-order valence-electron chi connectivity index (χ1n) is 7.30. The highest BCUT2D eigenvalue weighted by atomic mass is 16.5. The zero-order valence-electron chi connectivity index (χ0n) is 12.7. The third-order valence-corrected chi connectivity index (χ3v) is 3.57. The number of ether oxygens (including phenoxy) is 1. The van der Waals surface area contributed by atoms with Crippen LogP contribution in [0.3, 0.4) is 0 Å². The molecule has 1 atom stereocenters. The number of para-hydroxylation sites is 1. The van der Waals surface area contributed by atoms with Gasteiger partial charge in [-0.3, -0.25) is 0 Å². The standard InChI is InChI=1S/C17H19N3O2/c1-12-7-8-17(13(2)9-12)22-11-14(21)10-20-16-6-4-3-5-15(16)18-19-20/h3-9,14,21H,10-11H2,1-2H3. The summed E-state index contributed by atoms with van der Waals surface area (Å²) in [6, 6.07) is 13.7. The second-order valence-electron chi connectivity index (χ2n) is 5.49. The Balaban J connectivity index is 1.64. The highest BCUT2D eigenvalue weighted by molar-refractivity contribution is 5.73. The Morgan fingerprint density at radius 1 is 1.18 bits per heavy atom. The van der Waals surface area contributed by atoms with Crippen molar-refractivity contribution >= 4 is 11.0 Å². The SMILES string of the molecule is Cc1ccc(OCC(O)Cn2nnc3ccccc32)c(C)c1. The van der Waals surface area contributed by atoms with Gasteiger partial charge in [-0.1, -0.05) is 35.0 Å². The number of aliphatic hydroxyl groups excluding tert-OH is 1. The summed E-state index contributed by atoms with van der Waals surface area (Å²) in [5.41, 5.74) is 4.00. The molecule has 1 N–H and O–H groups in total. The van der Waals surface area contributed by atoms with Crippen LogP contribution in [0.4, 0.5) is 0 Å². The van der Waals surface area contributed by atoms with Crippen molar-refractivity contribution in [1.29, 1.82) is 0 Å². The largest absolute Gasteiger partial charge is 0.491 e. The molecule has 5 heteroatoms. The number of nitrogens with zero attached hydrogens (tertiary/aromatic N) is 3. The number of rotatable bonds is 5. The molecule has 0 amide bonds. The van der Waals surface area contributed by atoms with Crippen LogP contribution in [-0.4, -0.2) is 32.8 Å². The van der Waals surface area contributed by atoms with E-state index < -0.39 is 6.10 Å². The number of fused-ring (bicyclic) bond motifs is 1. The van der Waals surface area contributed by atoms with Crippen molar-refractivity contribution in [2.75, 3.05) is 6.61 Å². The Kier molecular flexibility index (Phi) is 4.06. The quantitative estimate of drug-likeness (QED) is 0.786. The smallest absolute Gasteiger partial charge is 0.122 e. The molecule has 3 aromatic rings. The summed E-state index contributed by atoms with van der Waals surface area (Å²) in [5, 5.41) is 18.3. The van der Waals surface area contributed by atoms with Crippen molar-refractivity contribution in [3.63, 3.8) is 0 Å². The Hall–Kier alpha value is -2.40. The predicted octanol–water partition coefficient (Wildman–Crippen LogP) is 2.49. The van der Waals surface area contributed by atoms with Gasteiger partial charge in [-0.2, -0.15) is 0 Å². The van der Waals surface area contributed by atoms with Gasteiger partial charge in [-0.05, 0) is 37.6 Å². The van der Waals surface area contributed by atoms with E-state index >= 15 is 0 Å². The third-order valence-electron chi connectivity index (χ3n) is 3.57. The Morgan fingerprint density at radius 2 is 2.00 bits per heavy atom. The van der Waals surface area contributed by atoms with Gasteiger partial charge < -0.3 is 9.84 Å². The summed E-state index contributed by atoms with van der Waals surface area (Å²) in [6.45, 7) is 4.62. The first kappa shape index (κ1) is 14.5. The minimum Gasteiger partial charge on any atom is -0.491 e. The minimum absolute atomic E-state index is 0.220. The van der Waals surface area contributed by atoms with Crippen LogP contribution in [0.5, 0.6) is 5.75 Å². The summed E-state index contributed by atoms with van der Waals surface area (Å²) in [4.78, 5) is 0. The molecule has 0 saturated carbocycles. The maximum atomic E-state index is 10.2. The van der Waals surface area contributed by atoms with E-state index in [0.717, 1.165) is 22.3 Å². The van der Waals surface area contributed by atoms with Crippen molar-refractivity contribution in [2.45, 2.75) is 26.5 Å². The minimum atomic E-state index is -0.647. The Morgan fingerprint density at radius 3 is 2.82 bits per heavy atom. The van der Waals surface area contributed by atoms with Gasteiger partial charge >= 0.3 is 0 Å². The molecule has 5 nitrogen and oxygen atoms in total. The lowest BCUT2D eigenvalue weighted by Crippen LogP contribution is -2.24. The van der Waals surface area contributed by atoms with Gasteiger partial charge in [0.2, 0.25) is 0 Å². The van der Waals surface area contributed by atoms with Crippen molar-refractivity contribution < 1.29 is 9.84 Å². The maximum Gasteiger partial charge on any atom is 0.122 e. The van der Waals surface area contributed by atoms with E-state index in [-0.39, 0.29) is 6.61 Å². The molecular formula is C17H19N3O2. The topological polar surface area (TPSA) is 60.2 Å². The van der Waals surface area contributed by atoms with Gasteiger partial charge in [-0.15, -0.1) is 5.10 Å². The number of hydrogen-bond donors (Lipinski definition) is 1. The zero-order valence-corrected chi connectivity index (χ0v) is 12.7. The van der Waals surface area contributed by atoms with Gasteiger partial charge in [0.05, 0.1) is 12.1 Å². The van der Waals surface area contributed by atoms with E-state index in [9.17, 15) is 5.11 Å². The van der Waals surface area contributed by atoms with Crippen molar-refractivity contribution in [3.8, 4) is 5.75 Å². The molecule has 2 aromatic carbocycles. The lowest BCUT2D eigenvalue weighted by atomic mass is 10.1. The van der Waals surface area contributed by atoms with Crippen LogP contribution in [0.15, 0.2) is 42.5 Å². The van der Waals surface area contributed by atoms with Crippen LogP contribution >= 0.6 is 0 Å². The fraction of sp³-hybridized carbons (Fsp3) is 0.294. The molecule has 0 radical (unpaired) electrons. The lowest BCUT2D eigenvalue weighted by Gasteiger charge is -2.14. The molecular weight excluding hydrogens is 278 g/mol. The average molecular weight is 297 g/mol. The van der Waals surface area contributed by atoms with Gasteiger partial charge in [0.1, 0.15) is 24.0 Å². The summed E-state index contributed by atoms with van der Waals surface area (Å²) in [7, 11) is 0. The second-order valence-corrected chi connectivity index (χ2v) is 5.49. The lowest BCUT2D eigenvalue weighted by molar-refractivity contribution is 0.0896. The number of aromatic nitrogens is 3. The van der Waals surface area contributed by atoms with Crippen LogP contribution in [0, 0.1) is 13.8 Å². The van der Waals surface area contributed by atoms with E-state index in [1.165, 1.54) is 5.56 Å². The molecule has 0 aliphatic carbocycles. The summed E-state index contributed by atoms with van der Waals surface area (Å²) in [6.07, 6.45) is -0.647. The summed E-state index contributed by atoms with van der Waals surface area (Å²) < 4.78 is 7.40. The van der Waals surface area contributed by atoms with E-state index in [0.29, 0.717) is 6.54 Å². The Labute approximate surface area is 129 Å². The fourth-order valence-electron chi connectivity index (χ4n) is 2.45. The first-order chi connectivity index (χ1) is 10.6. The van der Waals surface area contributed by atoms with Gasteiger partial charge in [-0.25, -0.2) is 4.68 Å². The fourth-order valence-corrected chi connectivity index (χ4v) is 2.45. The van der Waals surface area contributed by atoms with E-state index in [4.69, 9.17) is 4.74 Å². The van der Waals surface area contributed by atoms with Crippen LogP contribution in [0.1, 0.15) is 11.1 Å². The molecule has 0 aliphatic rings. The van der Waals surface area contributed by atoms with Gasteiger partial charge in [0.25, 0.3) is 0 Å². The molecule has 0 bridgehead atoms. The summed E-state index contributed by atoms with van der Waals surface area (Å²) in [5.74, 6) is 0.799. The first-order valence-corrected chi connectivity index (χ1v) is 7.30. The van der Waals surface area contributed by atoms with Crippen LogP contribution < -0.4 is 4.74 Å². The molecule has 1 unspecified atom stereocenters. The molecule has 22 heavy (non-hydrogen) atoms. The van der Waals surface area contributed by atoms with E-state index in [2.05, 4.69) is 16.4 Å². The number of hydrogen-bond acceptors (Lipinski definition) is 4. The number of aryl methyl sites for hydroxylation is 2. The molecule has 114 valence electrons. The van der Waals surface area contributed by atoms with Crippen molar-refractivity contribution in [1.82, 2.24) is 15.0 Å². The molecule has 1 heterocycles. The molecule has 0 spiro atoms. The molecule has 0 aliphatic heterocycles. The highest BCUT2D eigenvalue weighted by Crippen LogP contribution is 2.19. The van der Waals surface area contributed by atoms with Crippen molar-refractivity contribution in [2.24, 2.45) is 0 Å². The van der Waals surface area contributed by atoms with Crippen LogP contribution in [0.25, 0.3) is 11.0 Å². The summed E-state index contributed by atoms with van der Waals surface area (Å²) >= 11 is 0. The zero-order chi connectivity index (χ0) is 15.5. The Bertz CT molecular complexity index is 782. The molecule has 3 rings (SSSR count). The third kappa shape index (κ3) is 3.09. The second kappa shape index (κ2) is 6.15. The maximum absolute atomic E-state index is 10.2. The van der Waals surface area contributed by atoms with E-state index in [1.54, 1.807) is 4.68 Å². The highest BCUT2D eigenvalue weighted by Gasteiger charge is 2.11. The van der Waals surface area contributed by atoms with Crippen LogP contribution in [-0.2, 0) is 6.54 Å². The predicted molar refractivity (Wildman–Crippen MR) is 84.9 cm³/mol. The monoisotopic (exact) mass is 297 g/mol. The van der Waals surface area contributed by atoms with E-state index in [1.807, 2.05) is 50.2 Å². The molecule has 0 fully saturated rings. The number of benzene rings is 2. The molecule has 1 aromatic heterocycles.